The zero-order chi connectivity index (χ0) is 15.7. The summed E-state index contributed by atoms with van der Waals surface area (Å²) in [6, 6.07) is 5.52. The third-order valence-corrected chi connectivity index (χ3v) is 3.78. The van der Waals surface area contributed by atoms with Crippen LogP contribution in [0.2, 0.25) is 0 Å². The van der Waals surface area contributed by atoms with Crippen LogP contribution in [0, 0.1) is 5.82 Å². The van der Waals surface area contributed by atoms with E-state index in [0.29, 0.717) is 18.8 Å². The fourth-order valence-electron chi connectivity index (χ4n) is 1.46. The van der Waals surface area contributed by atoms with Crippen molar-refractivity contribution in [2.75, 3.05) is 24.2 Å². The van der Waals surface area contributed by atoms with Crippen molar-refractivity contribution in [3.8, 4) is 0 Å². The first kappa shape index (κ1) is 20.7. The Morgan fingerprint density at radius 1 is 1.32 bits per heavy atom. The molecule has 0 saturated carbocycles. The monoisotopic (exact) mass is 349 g/mol. The highest BCUT2D eigenvalue weighted by Crippen LogP contribution is 2.13. The second-order valence-corrected chi connectivity index (χ2v) is 5.77. The van der Waals surface area contributed by atoms with Gasteiger partial charge in [0.15, 0.2) is 0 Å². The molecule has 4 N–H and O–H groups in total. The van der Waals surface area contributed by atoms with Crippen LogP contribution in [-0.2, 0) is 9.59 Å². The van der Waals surface area contributed by atoms with Crippen LogP contribution in [0.25, 0.3) is 0 Å². The van der Waals surface area contributed by atoms with E-state index in [-0.39, 0.29) is 41.0 Å². The number of nitrogens with one attached hydrogen (secondary N) is 2. The molecule has 0 heterocycles. The summed E-state index contributed by atoms with van der Waals surface area (Å²) < 4.78 is 12.7. The van der Waals surface area contributed by atoms with E-state index in [1.165, 1.54) is 36.0 Å². The van der Waals surface area contributed by atoms with Crippen molar-refractivity contribution in [1.29, 1.82) is 0 Å². The molecule has 1 aromatic rings. The second kappa shape index (κ2) is 11.3. The first-order valence-electron chi connectivity index (χ1n) is 6.67. The van der Waals surface area contributed by atoms with Crippen molar-refractivity contribution in [1.82, 2.24) is 5.32 Å². The maximum absolute atomic E-state index is 12.7. The first-order chi connectivity index (χ1) is 10.0. The summed E-state index contributed by atoms with van der Waals surface area (Å²) in [5.41, 5.74) is 5.87. The fraction of sp³-hybridized carbons (Fsp3) is 0.429. The number of anilines is 1. The highest BCUT2D eigenvalue weighted by molar-refractivity contribution is 8.01. The maximum Gasteiger partial charge on any atom is 0.234 e. The number of halogens is 2. The molecular weight excluding hydrogens is 329 g/mol. The quantitative estimate of drug-likeness (QED) is 0.624. The minimum atomic E-state index is -0.356. The molecule has 5 nitrogen and oxygen atoms in total. The summed E-state index contributed by atoms with van der Waals surface area (Å²) in [7, 11) is 0. The number of hydrogen-bond donors (Lipinski definition) is 3. The van der Waals surface area contributed by atoms with Gasteiger partial charge >= 0.3 is 0 Å². The van der Waals surface area contributed by atoms with E-state index in [9.17, 15) is 14.0 Å². The van der Waals surface area contributed by atoms with Gasteiger partial charge in [-0.2, -0.15) is 0 Å². The summed E-state index contributed by atoms with van der Waals surface area (Å²) in [6.45, 7) is 2.82. The van der Waals surface area contributed by atoms with Crippen molar-refractivity contribution in [2.24, 2.45) is 5.73 Å². The van der Waals surface area contributed by atoms with Gasteiger partial charge in [0.1, 0.15) is 5.82 Å². The van der Waals surface area contributed by atoms with Crippen LogP contribution in [0.5, 0.6) is 0 Å². The van der Waals surface area contributed by atoms with Crippen molar-refractivity contribution >= 4 is 41.7 Å². The highest BCUT2D eigenvalue weighted by atomic mass is 35.5. The number of amides is 2. The predicted molar refractivity (Wildman–Crippen MR) is 90.9 cm³/mol. The first-order valence-corrected chi connectivity index (χ1v) is 7.72. The van der Waals surface area contributed by atoms with Gasteiger partial charge in [-0.05, 0) is 44.2 Å². The van der Waals surface area contributed by atoms with Gasteiger partial charge in [0, 0.05) is 12.2 Å². The Hall–Kier alpha value is -1.31. The van der Waals surface area contributed by atoms with Crippen LogP contribution in [0.3, 0.4) is 0 Å². The predicted octanol–water partition coefficient (Wildman–Crippen LogP) is 1.77. The summed E-state index contributed by atoms with van der Waals surface area (Å²) in [6.07, 6.45) is 0.730. The molecule has 1 atom stereocenters. The minimum Gasteiger partial charge on any atom is -0.355 e. The third kappa shape index (κ3) is 8.21. The molecule has 0 bridgehead atoms. The van der Waals surface area contributed by atoms with Crippen molar-refractivity contribution in [2.45, 2.75) is 18.6 Å². The highest BCUT2D eigenvalue weighted by Gasteiger charge is 2.14. The van der Waals surface area contributed by atoms with E-state index < -0.39 is 0 Å². The van der Waals surface area contributed by atoms with Gasteiger partial charge in [0.2, 0.25) is 11.8 Å². The van der Waals surface area contributed by atoms with Gasteiger partial charge in [-0.15, -0.1) is 24.2 Å². The van der Waals surface area contributed by atoms with E-state index in [1.807, 2.05) is 0 Å². The number of benzene rings is 1. The molecule has 0 radical (unpaired) electrons. The number of carbonyl (C=O) groups excluding carboxylic acids is 2. The Kier molecular flexibility index (Phi) is 10.6. The lowest BCUT2D eigenvalue weighted by Crippen LogP contribution is -2.33. The van der Waals surface area contributed by atoms with Crippen LogP contribution in [-0.4, -0.2) is 35.9 Å². The molecule has 0 aliphatic rings. The average molecular weight is 350 g/mol. The molecule has 8 heteroatoms. The van der Waals surface area contributed by atoms with Crippen LogP contribution >= 0.6 is 24.2 Å². The van der Waals surface area contributed by atoms with E-state index in [0.717, 1.165) is 6.42 Å². The van der Waals surface area contributed by atoms with E-state index in [4.69, 9.17) is 5.73 Å². The molecule has 0 saturated heterocycles. The lowest BCUT2D eigenvalue weighted by atomic mass is 10.3. The van der Waals surface area contributed by atoms with Crippen molar-refractivity contribution < 1.29 is 14.0 Å². The van der Waals surface area contributed by atoms with Crippen molar-refractivity contribution in [3.05, 3.63) is 30.1 Å². The Labute approximate surface area is 140 Å². The normalized spacial score (nSPS) is 11.2. The molecule has 1 aromatic carbocycles. The molecule has 22 heavy (non-hydrogen) atoms. The lowest BCUT2D eigenvalue weighted by Gasteiger charge is -2.11. The summed E-state index contributed by atoms with van der Waals surface area (Å²) in [4.78, 5) is 23.4. The molecule has 0 aliphatic heterocycles. The molecule has 1 rings (SSSR count). The van der Waals surface area contributed by atoms with Crippen LogP contribution in [0.1, 0.15) is 13.3 Å². The molecular formula is C14H21ClFN3O2S. The SMILES string of the molecule is CC(SCC(=O)Nc1ccc(F)cc1)C(=O)NCCCN.Cl. The number of nitrogens with two attached hydrogens (primary N) is 1. The van der Waals surface area contributed by atoms with Gasteiger partial charge in [-0.25, -0.2) is 4.39 Å². The van der Waals surface area contributed by atoms with E-state index in [1.54, 1.807) is 6.92 Å². The Bertz CT molecular complexity index is 474. The maximum atomic E-state index is 12.7. The lowest BCUT2D eigenvalue weighted by molar-refractivity contribution is -0.120. The third-order valence-electron chi connectivity index (χ3n) is 2.64. The zero-order valence-corrected chi connectivity index (χ0v) is 13.9. The Morgan fingerprint density at radius 3 is 2.55 bits per heavy atom. The molecule has 1 unspecified atom stereocenters. The van der Waals surface area contributed by atoms with Gasteiger partial charge < -0.3 is 16.4 Å². The minimum absolute atomic E-state index is 0. The van der Waals surface area contributed by atoms with Crippen molar-refractivity contribution in [3.63, 3.8) is 0 Å². The van der Waals surface area contributed by atoms with E-state index >= 15 is 0 Å². The standard InChI is InChI=1S/C14H20FN3O2S.ClH/c1-10(14(20)17-8-2-7-16)21-9-13(19)18-12-5-3-11(15)4-6-12;/h3-6,10H,2,7-9,16H2,1H3,(H,17,20)(H,18,19);1H. The van der Waals surface area contributed by atoms with Crippen LogP contribution in [0.15, 0.2) is 24.3 Å². The number of thioether (sulfide) groups is 1. The molecule has 0 aliphatic carbocycles. The second-order valence-electron chi connectivity index (χ2n) is 4.44. The van der Waals surface area contributed by atoms with Gasteiger partial charge in [-0.3, -0.25) is 9.59 Å². The molecule has 0 fully saturated rings. The van der Waals surface area contributed by atoms with E-state index in [2.05, 4.69) is 10.6 Å². The van der Waals surface area contributed by atoms with Crippen LogP contribution in [0.4, 0.5) is 10.1 Å². The Morgan fingerprint density at radius 2 is 1.95 bits per heavy atom. The Balaban J connectivity index is 0.00000441. The smallest absolute Gasteiger partial charge is 0.234 e. The summed E-state index contributed by atoms with van der Waals surface area (Å²) in [5.74, 6) is -0.538. The zero-order valence-electron chi connectivity index (χ0n) is 12.3. The topological polar surface area (TPSA) is 84.2 Å². The fourth-order valence-corrected chi connectivity index (χ4v) is 2.17. The molecule has 0 spiro atoms. The summed E-state index contributed by atoms with van der Waals surface area (Å²) in [5, 5.41) is 5.07. The molecule has 124 valence electrons. The van der Waals surface area contributed by atoms with Gasteiger partial charge in [-0.1, -0.05) is 0 Å². The molecule has 0 aromatic heterocycles. The van der Waals surface area contributed by atoms with Gasteiger partial charge in [0.05, 0.1) is 11.0 Å². The molecule has 2 amide bonds. The summed E-state index contributed by atoms with van der Waals surface area (Å²) >= 11 is 1.24. The number of carbonyl (C=O) groups is 2. The largest absolute Gasteiger partial charge is 0.355 e. The number of rotatable bonds is 8. The number of hydrogen-bond acceptors (Lipinski definition) is 4. The average Bonchev–Trinajstić information content (AvgIpc) is 2.47. The van der Waals surface area contributed by atoms with Crippen LogP contribution < -0.4 is 16.4 Å². The van der Waals surface area contributed by atoms with Gasteiger partial charge in [0.25, 0.3) is 0 Å².